The molecule has 1 heterocycles. The molecule has 0 saturated heterocycles. The van der Waals surface area contributed by atoms with E-state index in [-0.39, 0.29) is 5.56 Å². The zero-order valence-electron chi connectivity index (χ0n) is 13.2. The Morgan fingerprint density at radius 1 is 1.38 bits per heavy atom. The lowest BCUT2D eigenvalue weighted by Crippen LogP contribution is -2.35. The maximum absolute atomic E-state index is 12.4. The van der Waals surface area contributed by atoms with Crippen LogP contribution in [0.15, 0.2) is 29.1 Å². The summed E-state index contributed by atoms with van der Waals surface area (Å²) >= 11 is 1.85. The van der Waals surface area contributed by atoms with Gasteiger partial charge in [-0.3, -0.25) is 14.3 Å². The number of hydrogen-bond donors (Lipinski definition) is 0. The fourth-order valence-corrected chi connectivity index (χ4v) is 3.38. The van der Waals surface area contributed by atoms with Gasteiger partial charge in [-0.1, -0.05) is 19.1 Å². The number of benzene rings is 1. The molecule has 21 heavy (non-hydrogen) atoms. The van der Waals surface area contributed by atoms with Gasteiger partial charge in [-0.2, -0.15) is 11.8 Å². The van der Waals surface area contributed by atoms with E-state index in [4.69, 9.17) is 0 Å². The molecule has 0 fully saturated rings. The van der Waals surface area contributed by atoms with Crippen LogP contribution in [0.1, 0.15) is 19.2 Å². The molecule has 2 aromatic rings. The lowest BCUT2D eigenvalue weighted by Gasteiger charge is -2.26. The summed E-state index contributed by atoms with van der Waals surface area (Å²) in [6, 6.07) is 8.04. The van der Waals surface area contributed by atoms with E-state index in [1.165, 1.54) is 0 Å². The third-order valence-electron chi connectivity index (χ3n) is 3.92. The highest BCUT2D eigenvalue weighted by atomic mass is 32.2. The molecular formula is C16H23N3OS. The minimum absolute atomic E-state index is 0.0296. The smallest absolute Gasteiger partial charge is 0.261 e. The molecule has 0 unspecified atom stereocenters. The zero-order valence-corrected chi connectivity index (χ0v) is 14.0. The maximum Gasteiger partial charge on any atom is 0.261 e. The predicted molar refractivity (Wildman–Crippen MR) is 90.9 cm³/mol. The van der Waals surface area contributed by atoms with E-state index in [2.05, 4.69) is 30.1 Å². The summed E-state index contributed by atoms with van der Waals surface area (Å²) in [7, 11) is 3.91. The summed E-state index contributed by atoms with van der Waals surface area (Å²) in [5.41, 5.74) is 0.809. The minimum atomic E-state index is 0.0296. The number of para-hydroxylation sites is 1. The Morgan fingerprint density at radius 3 is 2.76 bits per heavy atom. The molecule has 1 aromatic carbocycles. The second-order valence-corrected chi connectivity index (χ2v) is 6.25. The standard InChI is InChI=1S/C16H23N3OS/c1-5-12(11-21-4)18(2)10-15-17-14-9-7-6-8-13(14)16(20)19(15)3/h6-9,12H,5,10-11H2,1-4H3/t12-/m0/s1. The monoisotopic (exact) mass is 305 g/mol. The van der Waals surface area contributed by atoms with Gasteiger partial charge in [0.05, 0.1) is 17.4 Å². The Labute approximate surface area is 130 Å². The molecule has 1 atom stereocenters. The van der Waals surface area contributed by atoms with Gasteiger partial charge in [0.2, 0.25) is 0 Å². The van der Waals surface area contributed by atoms with E-state index in [1.807, 2.05) is 36.0 Å². The molecule has 4 nitrogen and oxygen atoms in total. The first-order valence-electron chi connectivity index (χ1n) is 7.22. The Balaban J connectivity index is 2.34. The topological polar surface area (TPSA) is 38.1 Å². The second-order valence-electron chi connectivity index (χ2n) is 5.34. The van der Waals surface area contributed by atoms with Crippen LogP contribution in [-0.4, -0.2) is 39.5 Å². The first kappa shape index (κ1) is 16.0. The summed E-state index contributed by atoms with van der Waals surface area (Å²) in [6.45, 7) is 2.89. The zero-order chi connectivity index (χ0) is 15.4. The first-order valence-corrected chi connectivity index (χ1v) is 8.61. The molecule has 0 aliphatic carbocycles. The van der Waals surface area contributed by atoms with Crippen LogP contribution in [0, 0.1) is 0 Å². The highest BCUT2D eigenvalue weighted by molar-refractivity contribution is 7.98. The van der Waals surface area contributed by atoms with Crippen molar-refractivity contribution in [2.24, 2.45) is 7.05 Å². The second kappa shape index (κ2) is 7.09. The Kier molecular flexibility index (Phi) is 5.42. The first-order chi connectivity index (χ1) is 10.1. The van der Waals surface area contributed by atoms with Crippen LogP contribution in [-0.2, 0) is 13.6 Å². The SMILES string of the molecule is CC[C@@H](CSC)N(C)Cc1nc2ccccc2c(=O)n1C. The average molecular weight is 305 g/mol. The van der Waals surface area contributed by atoms with Crippen LogP contribution in [0.3, 0.4) is 0 Å². The van der Waals surface area contributed by atoms with Crippen LogP contribution in [0.5, 0.6) is 0 Å². The summed E-state index contributed by atoms with van der Waals surface area (Å²) in [5.74, 6) is 1.91. The maximum atomic E-state index is 12.4. The van der Waals surface area contributed by atoms with Gasteiger partial charge in [0, 0.05) is 18.8 Å². The number of fused-ring (bicyclic) bond motifs is 1. The van der Waals surface area contributed by atoms with Crippen molar-refractivity contribution in [3.05, 3.63) is 40.4 Å². The predicted octanol–water partition coefficient (Wildman–Crippen LogP) is 2.51. The largest absolute Gasteiger partial charge is 0.298 e. The molecule has 0 aliphatic rings. The van der Waals surface area contributed by atoms with Gasteiger partial charge >= 0.3 is 0 Å². The van der Waals surface area contributed by atoms with Crippen molar-refractivity contribution in [2.75, 3.05) is 19.1 Å². The summed E-state index contributed by atoms with van der Waals surface area (Å²) < 4.78 is 1.67. The number of hydrogen-bond acceptors (Lipinski definition) is 4. The summed E-state index contributed by atoms with van der Waals surface area (Å²) in [5, 5.41) is 0.683. The molecule has 0 spiro atoms. The van der Waals surface area contributed by atoms with Gasteiger partial charge in [0.1, 0.15) is 5.82 Å². The van der Waals surface area contributed by atoms with E-state index < -0.39 is 0 Å². The summed E-state index contributed by atoms with van der Waals surface area (Å²) in [6.07, 6.45) is 3.22. The number of aromatic nitrogens is 2. The van der Waals surface area contributed by atoms with Gasteiger partial charge < -0.3 is 0 Å². The number of rotatable bonds is 6. The third-order valence-corrected chi connectivity index (χ3v) is 4.64. The van der Waals surface area contributed by atoms with Crippen molar-refractivity contribution >= 4 is 22.7 Å². The lowest BCUT2D eigenvalue weighted by atomic mass is 10.2. The average Bonchev–Trinajstić information content (AvgIpc) is 2.49. The highest BCUT2D eigenvalue weighted by Gasteiger charge is 2.15. The molecular weight excluding hydrogens is 282 g/mol. The minimum Gasteiger partial charge on any atom is -0.298 e. The van der Waals surface area contributed by atoms with E-state index in [1.54, 1.807) is 11.6 Å². The molecule has 0 aliphatic heterocycles. The fourth-order valence-electron chi connectivity index (χ4n) is 2.51. The van der Waals surface area contributed by atoms with Gasteiger partial charge in [0.25, 0.3) is 5.56 Å². The van der Waals surface area contributed by atoms with Crippen molar-refractivity contribution in [1.82, 2.24) is 14.5 Å². The Hall–Kier alpha value is -1.33. The van der Waals surface area contributed by atoms with Crippen LogP contribution in [0.25, 0.3) is 10.9 Å². The molecule has 1 aromatic heterocycles. The quantitative estimate of drug-likeness (QED) is 0.822. The normalized spacial score (nSPS) is 13.0. The molecule has 0 radical (unpaired) electrons. The van der Waals surface area contributed by atoms with Gasteiger partial charge in [-0.15, -0.1) is 0 Å². The molecule has 5 heteroatoms. The number of thioether (sulfide) groups is 1. The summed E-state index contributed by atoms with van der Waals surface area (Å²) in [4.78, 5) is 19.3. The number of nitrogens with zero attached hydrogens (tertiary/aromatic N) is 3. The van der Waals surface area contributed by atoms with Crippen molar-refractivity contribution in [3.8, 4) is 0 Å². The highest BCUT2D eigenvalue weighted by Crippen LogP contribution is 2.13. The fraction of sp³-hybridized carbons (Fsp3) is 0.500. The van der Waals surface area contributed by atoms with Crippen molar-refractivity contribution in [3.63, 3.8) is 0 Å². The molecule has 0 saturated carbocycles. The van der Waals surface area contributed by atoms with Crippen LogP contribution in [0.4, 0.5) is 0 Å². The molecule has 0 N–H and O–H groups in total. The third kappa shape index (κ3) is 3.47. The Morgan fingerprint density at radius 2 is 2.10 bits per heavy atom. The van der Waals surface area contributed by atoms with Crippen molar-refractivity contribution in [1.29, 1.82) is 0 Å². The van der Waals surface area contributed by atoms with E-state index in [9.17, 15) is 4.79 Å². The Bertz CT molecular complexity index is 668. The lowest BCUT2D eigenvalue weighted by molar-refractivity contribution is 0.239. The molecule has 0 bridgehead atoms. The van der Waals surface area contributed by atoms with E-state index >= 15 is 0 Å². The van der Waals surface area contributed by atoms with Crippen LogP contribution in [0.2, 0.25) is 0 Å². The van der Waals surface area contributed by atoms with Crippen LogP contribution < -0.4 is 5.56 Å². The van der Waals surface area contributed by atoms with Crippen molar-refractivity contribution < 1.29 is 0 Å². The molecule has 114 valence electrons. The molecule has 2 rings (SSSR count). The van der Waals surface area contributed by atoms with Gasteiger partial charge in [-0.05, 0) is 31.9 Å². The van der Waals surface area contributed by atoms with E-state index in [0.717, 1.165) is 23.5 Å². The van der Waals surface area contributed by atoms with Gasteiger partial charge in [-0.25, -0.2) is 4.98 Å². The van der Waals surface area contributed by atoms with Gasteiger partial charge in [0.15, 0.2) is 0 Å². The van der Waals surface area contributed by atoms with Crippen LogP contribution >= 0.6 is 11.8 Å². The van der Waals surface area contributed by atoms with E-state index in [0.29, 0.717) is 18.0 Å². The van der Waals surface area contributed by atoms with Crippen molar-refractivity contribution in [2.45, 2.75) is 25.9 Å². The molecule has 0 amide bonds.